The average Bonchev–Trinajstić information content (AvgIpc) is 2.39. The third-order valence-corrected chi connectivity index (χ3v) is 4.48. The highest BCUT2D eigenvalue weighted by atomic mass is 32.2. The third kappa shape index (κ3) is 3.25. The highest BCUT2D eigenvalue weighted by molar-refractivity contribution is 7.99. The van der Waals surface area contributed by atoms with Crippen molar-refractivity contribution >= 4 is 29.2 Å². The van der Waals surface area contributed by atoms with Gasteiger partial charge in [0.05, 0.1) is 4.92 Å². The van der Waals surface area contributed by atoms with Gasteiger partial charge in [0.1, 0.15) is 6.20 Å². The number of nitro groups is 1. The SMILES string of the molecule is CS[C@@H]1CCCC[C@@H]1Nc1ncc([N+](=O)[O-])c(N)n1. The Bertz CT molecular complexity index is 470. The monoisotopic (exact) mass is 283 g/mol. The normalized spacial score (nSPS) is 23.0. The lowest BCUT2D eigenvalue weighted by Gasteiger charge is -2.30. The van der Waals surface area contributed by atoms with Crippen LogP contribution in [-0.4, -0.2) is 32.4 Å². The fourth-order valence-electron chi connectivity index (χ4n) is 2.31. The van der Waals surface area contributed by atoms with E-state index in [1.807, 2.05) is 11.8 Å². The third-order valence-electron chi connectivity index (χ3n) is 3.31. The first-order chi connectivity index (χ1) is 9.11. The first-order valence-electron chi connectivity index (χ1n) is 6.18. The van der Waals surface area contributed by atoms with Crippen molar-refractivity contribution in [3.8, 4) is 0 Å². The molecule has 0 aromatic carbocycles. The van der Waals surface area contributed by atoms with Crippen LogP contribution in [0.15, 0.2) is 6.20 Å². The highest BCUT2D eigenvalue weighted by Gasteiger charge is 2.25. The lowest BCUT2D eigenvalue weighted by atomic mass is 9.95. The molecule has 1 aromatic rings. The molecule has 0 saturated heterocycles. The molecule has 1 aliphatic rings. The van der Waals surface area contributed by atoms with E-state index in [9.17, 15) is 10.1 Å². The van der Waals surface area contributed by atoms with Crippen molar-refractivity contribution in [2.45, 2.75) is 37.0 Å². The molecule has 2 rings (SSSR count). The number of anilines is 2. The minimum Gasteiger partial charge on any atom is -0.378 e. The second-order valence-corrected chi connectivity index (χ2v) is 5.61. The van der Waals surface area contributed by atoms with Crippen LogP contribution in [-0.2, 0) is 0 Å². The summed E-state index contributed by atoms with van der Waals surface area (Å²) in [6.07, 6.45) is 7.90. The highest BCUT2D eigenvalue weighted by Crippen LogP contribution is 2.29. The molecule has 1 fully saturated rings. The van der Waals surface area contributed by atoms with Crippen LogP contribution < -0.4 is 11.1 Å². The molecule has 104 valence electrons. The molecule has 7 nitrogen and oxygen atoms in total. The van der Waals surface area contributed by atoms with Crippen LogP contribution in [0.3, 0.4) is 0 Å². The Kier molecular flexibility index (Phi) is 4.41. The smallest absolute Gasteiger partial charge is 0.329 e. The number of aromatic nitrogens is 2. The molecule has 0 aliphatic heterocycles. The zero-order chi connectivity index (χ0) is 13.8. The number of nitrogen functional groups attached to an aromatic ring is 1. The molecule has 0 radical (unpaired) electrons. The maximum Gasteiger partial charge on any atom is 0.329 e. The number of nitrogens with zero attached hydrogens (tertiary/aromatic N) is 3. The molecule has 1 aliphatic carbocycles. The summed E-state index contributed by atoms with van der Waals surface area (Å²) in [6.45, 7) is 0. The maximum absolute atomic E-state index is 10.6. The van der Waals surface area contributed by atoms with Gasteiger partial charge in [-0.3, -0.25) is 10.1 Å². The van der Waals surface area contributed by atoms with Gasteiger partial charge in [-0.15, -0.1) is 0 Å². The quantitative estimate of drug-likeness (QED) is 0.643. The van der Waals surface area contributed by atoms with Gasteiger partial charge in [-0.2, -0.15) is 16.7 Å². The summed E-state index contributed by atoms with van der Waals surface area (Å²) in [5, 5.41) is 14.4. The van der Waals surface area contributed by atoms with Crippen molar-refractivity contribution in [2.75, 3.05) is 17.3 Å². The van der Waals surface area contributed by atoms with E-state index in [-0.39, 0.29) is 11.5 Å². The van der Waals surface area contributed by atoms with Crippen LogP contribution >= 0.6 is 11.8 Å². The zero-order valence-electron chi connectivity index (χ0n) is 10.7. The minimum atomic E-state index is -0.579. The number of hydrogen-bond acceptors (Lipinski definition) is 7. The van der Waals surface area contributed by atoms with Gasteiger partial charge < -0.3 is 11.1 Å². The van der Waals surface area contributed by atoms with E-state index < -0.39 is 4.92 Å². The predicted molar refractivity (Wildman–Crippen MR) is 76.3 cm³/mol. The Morgan fingerprint density at radius 1 is 1.53 bits per heavy atom. The van der Waals surface area contributed by atoms with E-state index in [1.165, 1.54) is 19.3 Å². The Hall–Kier alpha value is -1.57. The van der Waals surface area contributed by atoms with E-state index in [4.69, 9.17) is 5.73 Å². The Morgan fingerprint density at radius 3 is 2.89 bits per heavy atom. The lowest BCUT2D eigenvalue weighted by molar-refractivity contribution is -0.384. The zero-order valence-corrected chi connectivity index (χ0v) is 11.5. The maximum atomic E-state index is 10.6. The number of thioether (sulfide) groups is 1. The van der Waals surface area contributed by atoms with E-state index in [0.717, 1.165) is 12.6 Å². The fourth-order valence-corrected chi connectivity index (χ4v) is 3.24. The van der Waals surface area contributed by atoms with E-state index in [2.05, 4.69) is 21.5 Å². The van der Waals surface area contributed by atoms with Gasteiger partial charge in [0.15, 0.2) is 0 Å². The van der Waals surface area contributed by atoms with Crippen LogP contribution in [0.5, 0.6) is 0 Å². The van der Waals surface area contributed by atoms with Gasteiger partial charge >= 0.3 is 5.69 Å². The number of nitrogens with two attached hydrogens (primary N) is 1. The summed E-state index contributed by atoms with van der Waals surface area (Å²) in [4.78, 5) is 18.0. The molecular weight excluding hydrogens is 266 g/mol. The molecule has 0 spiro atoms. The summed E-state index contributed by atoms with van der Waals surface area (Å²) in [6, 6.07) is 0.296. The second kappa shape index (κ2) is 6.05. The summed E-state index contributed by atoms with van der Waals surface area (Å²) < 4.78 is 0. The van der Waals surface area contributed by atoms with Crippen LogP contribution in [0.1, 0.15) is 25.7 Å². The Labute approximate surface area is 115 Å². The van der Waals surface area contributed by atoms with Crippen LogP contribution in [0.2, 0.25) is 0 Å². The first kappa shape index (κ1) is 13.9. The van der Waals surface area contributed by atoms with Gasteiger partial charge in [0.2, 0.25) is 11.8 Å². The molecule has 0 unspecified atom stereocenters. The molecule has 0 bridgehead atoms. The largest absolute Gasteiger partial charge is 0.378 e. The molecule has 0 amide bonds. The van der Waals surface area contributed by atoms with Crippen molar-refractivity contribution in [2.24, 2.45) is 0 Å². The topological polar surface area (TPSA) is 107 Å². The number of hydrogen-bond donors (Lipinski definition) is 2. The van der Waals surface area contributed by atoms with Gasteiger partial charge in [-0.1, -0.05) is 12.8 Å². The molecule has 19 heavy (non-hydrogen) atoms. The van der Waals surface area contributed by atoms with Gasteiger partial charge in [-0.25, -0.2) is 4.98 Å². The standard InChI is InChI=1S/C11H17N5O2S/c1-19-9-5-3-2-4-7(9)14-11-13-6-8(16(17)18)10(12)15-11/h6-7,9H,2-5H2,1H3,(H3,12,13,14,15)/t7-,9+/m0/s1. The second-order valence-electron chi connectivity index (χ2n) is 4.53. The van der Waals surface area contributed by atoms with Crippen molar-refractivity contribution in [1.29, 1.82) is 0 Å². The van der Waals surface area contributed by atoms with Gasteiger partial charge in [0.25, 0.3) is 0 Å². The lowest BCUT2D eigenvalue weighted by Crippen LogP contribution is -2.34. The van der Waals surface area contributed by atoms with E-state index in [0.29, 0.717) is 17.2 Å². The molecule has 2 atom stereocenters. The minimum absolute atomic E-state index is 0.0981. The molecule has 8 heteroatoms. The fraction of sp³-hybridized carbons (Fsp3) is 0.636. The average molecular weight is 283 g/mol. The van der Waals surface area contributed by atoms with Crippen LogP contribution in [0.4, 0.5) is 17.5 Å². The molecule has 1 aromatic heterocycles. The van der Waals surface area contributed by atoms with Gasteiger partial charge in [-0.05, 0) is 19.1 Å². The van der Waals surface area contributed by atoms with Gasteiger partial charge in [0, 0.05) is 11.3 Å². The summed E-state index contributed by atoms with van der Waals surface area (Å²) in [5.74, 6) is 0.271. The molecular formula is C11H17N5O2S. The van der Waals surface area contributed by atoms with E-state index in [1.54, 1.807) is 0 Å². The van der Waals surface area contributed by atoms with Crippen LogP contribution in [0.25, 0.3) is 0 Å². The van der Waals surface area contributed by atoms with Crippen molar-refractivity contribution in [3.63, 3.8) is 0 Å². The molecule has 1 heterocycles. The molecule has 3 N–H and O–H groups in total. The molecule has 1 saturated carbocycles. The van der Waals surface area contributed by atoms with E-state index >= 15 is 0 Å². The van der Waals surface area contributed by atoms with Crippen molar-refractivity contribution in [3.05, 3.63) is 16.3 Å². The Balaban J connectivity index is 2.10. The summed E-state index contributed by atoms with van der Waals surface area (Å²) in [5.41, 5.74) is 5.30. The van der Waals surface area contributed by atoms with Crippen molar-refractivity contribution in [1.82, 2.24) is 9.97 Å². The number of nitrogens with one attached hydrogen (secondary N) is 1. The summed E-state index contributed by atoms with van der Waals surface area (Å²) >= 11 is 1.83. The predicted octanol–water partition coefficient (Wildman–Crippen LogP) is 2.05. The number of rotatable bonds is 4. The first-order valence-corrected chi connectivity index (χ1v) is 7.47. The van der Waals surface area contributed by atoms with Crippen molar-refractivity contribution < 1.29 is 4.92 Å². The van der Waals surface area contributed by atoms with Crippen LogP contribution in [0, 0.1) is 10.1 Å². The Morgan fingerprint density at radius 2 is 2.26 bits per heavy atom. The summed E-state index contributed by atoms with van der Waals surface area (Å²) in [7, 11) is 0.